The highest BCUT2D eigenvalue weighted by atomic mass is 16.7. The maximum Gasteiger partial charge on any atom is 0.187 e. The second kappa shape index (κ2) is 5.90. The summed E-state index contributed by atoms with van der Waals surface area (Å²) in [6.07, 6.45) is -4.92. The van der Waals surface area contributed by atoms with Crippen LogP contribution in [0, 0.1) is 0 Å². The van der Waals surface area contributed by atoms with E-state index in [1.165, 1.54) is 0 Å². The van der Waals surface area contributed by atoms with Gasteiger partial charge in [-0.1, -0.05) is 18.2 Å². The summed E-state index contributed by atoms with van der Waals surface area (Å²) in [7, 11) is 0. The first kappa shape index (κ1) is 14.7. The van der Waals surface area contributed by atoms with Gasteiger partial charge < -0.3 is 29.5 Å². The average molecular weight is 296 g/mol. The molecule has 0 aromatic heterocycles. The van der Waals surface area contributed by atoms with Crippen LogP contribution in [0.15, 0.2) is 24.3 Å². The fourth-order valence-corrected chi connectivity index (χ4v) is 2.74. The molecule has 1 fully saturated rings. The Morgan fingerprint density at radius 3 is 2.67 bits per heavy atom. The van der Waals surface area contributed by atoms with Crippen molar-refractivity contribution in [1.82, 2.24) is 0 Å². The van der Waals surface area contributed by atoms with Gasteiger partial charge in [-0.2, -0.15) is 0 Å². The van der Waals surface area contributed by atoms with Crippen molar-refractivity contribution in [2.75, 3.05) is 6.61 Å². The summed E-state index contributed by atoms with van der Waals surface area (Å²) < 4.78 is 16.9. The first-order valence-electron chi connectivity index (χ1n) is 7.15. The molecule has 3 N–H and O–H groups in total. The predicted octanol–water partition coefficient (Wildman–Crippen LogP) is 0.354. The van der Waals surface area contributed by atoms with Crippen LogP contribution in [-0.2, 0) is 9.47 Å². The van der Waals surface area contributed by atoms with E-state index >= 15 is 0 Å². The fraction of sp³-hybridized carbons (Fsp3) is 0.600. The first-order valence-corrected chi connectivity index (χ1v) is 7.15. The molecule has 0 bridgehead atoms. The zero-order valence-corrected chi connectivity index (χ0v) is 11.8. The zero-order chi connectivity index (χ0) is 15.0. The lowest BCUT2D eigenvalue weighted by Gasteiger charge is -2.41. The fourth-order valence-electron chi connectivity index (χ4n) is 2.74. The lowest BCUT2D eigenvalue weighted by molar-refractivity contribution is -0.306. The molecule has 0 radical (unpaired) electrons. The van der Waals surface area contributed by atoms with Crippen molar-refractivity contribution >= 4 is 0 Å². The van der Waals surface area contributed by atoms with E-state index in [1.807, 2.05) is 24.3 Å². The lowest BCUT2D eigenvalue weighted by atomic mass is 9.99. The maximum absolute atomic E-state index is 10.0. The van der Waals surface area contributed by atoms with Gasteiger partial charge in [-0.3, -0.25) is 0 Å². The van der Waals surface area contributed by atoms with Gasteiger partial charge in [0.25, 0.3) is 0 Å². The van der Waals surface area contributed by atoms with Crippen LogP contribution in [0.3, 0.4) is 0 Å². The Morgan fingerprint density at radius 2 is 1.86 bits per heavy atom. The van der Waals surface area contributed by atoms with E-state index in [-0.39, 0.29) is 6.10 Å². The largest absolute Gasteiger partial charge is 0.493 e. The SMILES string of the molecule is C[C@@H]1O[C@@H](OC2CCOc3ccccc32)[C@H](O)[C@H](O)[C@H]1O. The van der Waals surface area contributed by atoms with Gasteiger partial charge in [0, 0.05) is 12.0 Å². The quantitative estimate of drug-likeness (QED) is 0.730. The van der Waals surface area contributed by atoms with Gasteiger partial charge in [0.2, 0.25) is 0 Å². The van der Waals surface area contributed by atoms with E-state index in [2.05, 4.69) is 0 Å². The standard InChI is InChI=1S/C15H20O6/c1-8-12(16)13(17)14(18)15(20-8)21-11-6-7-19-10-5-3-2-4-9(10)11/h2-5,8,11-18H,6-7H2,1H3/t8-,11?,12-,13+,14+,15-/m0/s1. The normalized spacial score (nSPS) is 39.4. The highest BCUT2D eigenvalue weighted by Gasteiger charge is 2.43. The van der Waals surface area contributed by atoms with Crippen LogP contribution in [-0.4, -0.2) is 52.6 Å². The highest BCUT2D eigenvalue weighted by Crippen LogP contribution is 2.36. The molecule has 0 amide bonds. The number of rotatable bonds is 2. The summed E-state index contributed by atoms with van der Waals surface area (Å²) in [5, 5.41) is 29.5. The van der Waals surface area contributed by atoms with Gasteiger partial charge in [-0.05, 0) is 13.0 Å². The average Bonchev–Trinajstić information content (AvgIpc) is 2.51. The predicted molar refractivity (Wildman–Crippen MR) is 72.7 cm³/mol. The molecule has 0 spiro atoms. The first-order chi connectivity index (χ1) is 10.1. The van der Waals surface area contributed by atoms with Gasteiger partial charge in [0.1, 0.15) is 24.1 Å². The van der Waals surface area contributed by atoms with Crippen molar-refractivity contribution in [3.63, 3.8) is 0 Å². The molecule has 2 heterocycles. The van der Waals surface area contributed by atoms with Crippen molar-refractivity contribution in [2.24, 2.45) is 0 Å². The van der Waals surface area contributed by atoms with E-state index in [1.54, 1.807) is 6.92 Å². The van der Waals surface area contributed by atoms with Gasteiger partial charge in [0.15, 0.2) is 6.29 Å². The molecule has 116 valence electrons. The maximum atomic E-state index is 10.0. The number of hydrogen-bond donors (Lipinski definition) is 3. The summed E-state index contributed by atoms with van der Waals surface area (Å²) in [6.45, 7) is 2.15. The molecule has 0 saturated carbocycles. The number of fused-ring (bicyclic) bond motifs is 1. The summed E-state index contributed by atoms with van der Waals surface area (Å²) in [5.41, 5.74) is 0.896. The van der Waals surface area contributed by atoms with Crippen molar-refractivity contribution in [3.8, 4) is 5.75 Å². The van der Waals surface area contributed by atoms with E-state index in [0.717, 1.165) is 11.3 Å². The number of aliphatic hydroxyl groups is 3. The van der Waals surface area contributed by atoms with Crippen molar-refractivity contribution < 1.29 is 29.5 Å². The molecule has 6 nitrogen and oxygen atoms in total. The van der Waals surface area contributed by atoms with Crippen LogP contribution in [0.5, 0.6) is 5.75 Å². The van der Waals surface area contributed by atoms with E-state index < -0.39 is 30.7 Å². The van der Waals surface area contributed by atoms with Crippen molar-refractivity contribution in [1.29, 1.82) is 0 Å². The zero-order valence-electron chi connectivity index (χ0n) is 11.8. The van der Waals surface area contributed by atoms with Gasteiger partial charge in [-0.15, -0.1) is 0 Å². The third kappa shape index (κ3) is 2.77. The van der Waals surface area contributed by atoms with Crippen LogP contribution in [0.4, 0.5) is 0 Å². The molecular weight excluding hydrogens is 276 g/mol. The Morgan fingerprint density at radius 1 is 1.10 bits per heavy atom. The molecule has 3 rings (SSSR count). The van der Waals surface area contributed by atoms with E-state index in [9.17, 15) is 15.3 Å². The number of para-hydroxylation sites is 1. The van der Waals surface area contributed by atoms with Crippen LogP contribution >= 0.6 is 0 Å². The number of aliphatic hydroxyl groups excluding tert-OH is 3. The Kier molecular flexibility index (Phi) is 4.14. The minimum absolute atomic E-state index is 0.274. The second-order valence-corrected chi connectivity index (χ2v) is 5.48. The molecule has 2 aliphatic heterocycles. The molecule has 1 unspecified atom stereocenters. The Hall–Kier alpha value is -1.18. The van der Waals surface area contributed by atoms with Crippen LogP contribution in [0.2, 0.25) is 0 Å². The molecule has 6 atom stereocenters. The summed E-state index contributed by atoms with van der Waals surface area (Å²) in [5.74, 6) is 0.757. The molecule has 21 heavy (non-hydrogen) atoms. The molecule has 1 saturated heterocycles. The van der Waals surface area contributed by atoms with E-state index in [4.69, 9.17) is 14.2 Å². The summed E-state index contributed by atoms with van der Waals surface area (Å²) >= 11 is 0. The molecule has 2 aliphatic rings. The molecule has 0 aliphatic carbocycles. The van der Waals surface area contributed by atoms with Crippen molar-refractivity contribution in [3.05, 3.63) is 29.8 Å². The smallest absolute Gasteiger partial charge is 0.187 e. The van der Waals surface area contributed by atoms with Gasteiger partial charge >= 0.3 is 0 Å². The Labute approximate surface area is 122 Å². The Balaban J connectivity index is 1.75. The van der Waals surface area contributed by atoms with Gasteiger partial charge in [0.05, 0.1) is 18.8 Å². The minimum Gasteiger partial charge on any atom is -0.493 e. The highest BCUT2D eigenvalue weighted by molar-refractivity contribution is 5.36. The monoisotopic (exact) mass is 296 g/mol. The van der Waals surface area contributed by atoms with Crippen molar-refractivity contribution in [2.45, 2.75) is 50.2 Å². The lowest BCUT2D eigenvalue weighted by Crippen LogP contribution is -2.57. The summed E-state index contributed by atoms with van der Waals surface area (Å²) in [4.78, 5) is 0. The van der Waals surface area contributed by atoms with E-state index in [0.29, 0.717) is 13.0 Å². The van der Waals surface area contributed by atoms with Crippen LogP contribution in [0.25, 0.3) is 0 Å². The molecular formula is C15H20O6. The third-order valence-corrected chi connectivity index (χ3v) is 4.01. The minimum atomic E-state index is -1.29. The Bertz CT molecular complexity index is 493. The van der Waals surface area contributed by atoms with Crippen LogP contribution < -0.4 is 4.74 Å². The van der Waals surface area contributed by atoms with Crippen LogP contribution in [0.1, 0.15) is 25.0 Å². The number of benzene rings is 1. The molecule has 1 aromatic rings. The van der Waals surface area contributed by atoms with Gasteiger partial charge in [-0.25, -0.2) is 0 Å². The number of ether oxygens (including phenoxy) is 3. The molecule has 6 heteroatoms. The second-order valence-electron chi connectivity index (χ2n) is 5.48. The topological polar surface area (TPSA) is 88.4 Å². The summed E-state index contributed by atoms with van der Waals surface area (Å²) in [6, 6.07) is 7.55. The third-order valence-electron chi connectivity index (χ3n) is 4.01. The number of hydrogen-bond acceptors (Lipinski definition) is 6. The molecule has 1 aromatic carbocycles.